The smallest absolute Gasteiger partial charge is 0.410 e. The molecule has 0 heterocycles. The van der Waals surface area contributed by atoms with Gasteiger partial charge in [-0.25, -0.2) is 4.79 Å². The Hall–Kier alpha value is -1.30. The van der Waals surface area contributed by atoms with Crippen molar-refractivity contribution in [3.8, 4) is 0 Å². The zero-order valence-electron chi connectivity index (χ0n) is 21.3. The molecule has 0 atom stereocenters. The standard InChI is InChI=1S/C26H51NO5/c1-4-6-7-8-9-10-11-12-13-14-15-16-17-18-19-20-21-31-25(28)24-27(5-2)26(29)32-23-22-30-3/h4-24H2,1-3H3. The van der Waals surface area contributed by atoms with Gasteiger partial charge in [0.2, 0.25) is 0 Å². The van der Waals surface area contributed by atoms with Crippen LogP contribution in [0.3, 0.4) is 0 Å². The highest BCUT2D eigenvalue weighted by Gasteiger charge is 2.17. The van der Waals surface area contributed by atoms with E-state index < -0.39 is 6.09 Å². The van der Waals surface area contributed by atoms with Crippen molar-refractivity contribution in [3.63, 3.8) is 0 Å². The maximum Gasteiger partial charge on any atom is 0.410 e. The summed E-state index contributed by atoms with van der Waals surface area (Å²) >= 11 is 0. The minimum atomic E-state index is -0.510. The molecule has 0 bridgehead atoms. The first-order valence-electron chi connectivity index (χ1n) is 13.2. The van der Waals surface area contributed by atoms with Crippen LogP contribution in [-0.4, -0.2) is 57.0 Å². The van der Waals surface area contributed by atoms with Crippen LogP contribution in [0.5, 0.6) is 0 Å². The third-order valence-electron chi connectivity index (χ3n) is 5.73. The van der Waals surface area contributed by atoms with Crippen molar-refractivity contribution in [2.75, 3.05) is 40.0 Å². The molecule has 6 heteroatoms. The molecule has 0 N–H and O–H groups in total. The molecule has 6 nitrogen and oxygen atoms in total. The Bertz CT molecular complexity index is 430. The molecule has 0 fully saturated rings. The molecule has 0 aromatic carbocycles. The molecule has 0 aliphatic rings. The quantitative estimate of drug-likeness (QED) is 0.123. The van der Waals surface area contributed by atoms with E-state index in [0.29, 0.717) is 19.8 Å². The third kappa shape index (κ3) is 20.6. The number of esters is 1. The molecular weight excluding hydrogens is 406 g/mol. The topological polar surface area (TPSA) is 65.1 Å². The highest BCUT2D eigenvalue weighted by Crippen LogP contribution is 2.13. The van der Waals surface area contributed by atoms with Crippen LogP contribution in [0.2, 0.25) is 0 Å². The molecule has 0 saturated carbocycles. The van der Waals surface area contributed by atoms with Gasteiger partial charge >= 0.3 is 12.1 Å². The molecule has 0 aromatic heterocycles. The summed E-state index contributed by atoms with van der Waals surface area (Å²) in [6, 6.07) is 0. The van der Waals surface area contributed by atoms with Crippen molar-refractivity contribution in [2.45, 2.75) is 117 Å². The predicted octanol–water partition coefficient (Wildman–Crippen LogP) is 6.90. The van der Waals surface area contributed by atoms with Gasteiger partial charge in [0.15, 0.2) is 0 Å². The normalized spacial score (nSPS) is 10.8. The first-order chi connectivity index (χ1) is 15.7. The van der Waals surface area contributed by atoms with Crippen molar-refractivity contribution < 1.29 is 23.8 Å². The summed E-state index contributed by atoms with van der Waals surface area (Å²) in [7, 11) is 1.54. The fourth-order valence-corrected chi connectivity index (χ4v) is 3.65. The van der Waals surface area contributed by atoms with E-state index in [9.17, 15) is 9.59 Å². The average molecular weight is 458 g/mol. The fraction of sp³-hybridized carbons (Fsp3) is 0.923. The number of hydrogen-bond donors (Lipinski definition) is 0. The molecule has 0 aromatic rings. The molecule has 0 aliphatic heterocycles. The van der Waals surface area contributed by atoms with Crippen LogP contribution in [0.4, 0.5) is 4.79 Å². The number of methoxy groups -OCH3 is 1. The zero-order chi connectivity index (χ0) is 23.7. The lowest BCUT2D eigenvalue weighted by Gasteiger charge is -2.19. The average Bonchev–Trinajstić information content (AvgIpc) is 2.79. The summed E-state index contributed by atoms with van der Waals surface area (Å²) in [6.45, 7) is 5.36. The van der Waals surface area contributed by atoms with Crippen molar-refractivity contribution in [1.29, 1.82) is 0 Å². The van der Waals surface area contributed by atoms with E-state index >= 15 is 0 Å². The van der Waals surface area contributed by atoms with Gasteiger partial charge in [0.05, 0.1) is 13.2 Å². The summed E-state index contributed by atoms with van der Waals surface area (Å²) in [5.41, 5.74) is 0. The largest absolute Gasteiger partial charge is 0.464 e. The van der Waals surface area contributed by atoms with Gasteiger partial charge in [-0.15, -0.1) is 0 Å². The summed E-state index contributed by atoms with van der Waals surface area (Å²) in [5.74, 6) is -0.378. The van der Waals surface area contributed by atoms with E-state index in [1.807, 2.05) is 0 Å². The summed E-state index contributed by atoms with van der Waals surface area (Å²) in [4.78, 5) is 25.1. The predicted molar refractivity (Wildman–Crippen MR) is 131 cm³/mol. The molecule has 0 spiro atoms. The minimum Gasteiger partial charge on any atom is -0.464 e. The lowest BCUT2D eigenvalue weighted by Crippen LogP contribution is -2.37. The van der Waals surface area contributed by atoms with Gasteiger partial charge < -0.3 is 14.2 Å². The monoisotopic (exact) mass is 457 g/mol. The van der Waals surface area contributed by atoms with E-state index in [-0.39, 0.29) is 19.1 Å². The molecule has 0 radical (unpaired) electrons. The zero-order valence-corrected chi connectivity index (χ0v) is 21.3. The van der Waals surface area contributed by atoms with Crippen LogP contribution < -0.4 is 0 Å². The molecule has 0 unspecified atom stereocenters. The second-order valence-electron chi connectivity index (χ2n) is 8.65. The summed E-state index contributed by atoms with van der Waals surface area (Å²) in [6.07, 6.45) is 20.6. The second kappa shape index (κ2) is 24.3. The number of likely N-dealkylation sites (N-methyl/N-ethyl adjacent to an activating group) is 1. The Balaban J connectivity index is 3.41. The molecule has 0 aliphatic carbocycles. The van der Waals surface area contributed by atoms with Crippen LogP contribution in [0.1, 0.15) is 117 Å². The minimum absolute atomic E-state index is 0.0683. The first kappa shape index (κ1) is 30.7. The van der Waals surface area contributed by atoms with Gasteiger partial charge in [-0.3, -0.25) is 9.69 Å². The number of unbranched alkanes of at least 4 members (excludes halogenated alkanes) is 15. The van der Waals surface area contributed by atoms with Gasteiger partial charge in [-0.1, -0.05) is 103 Å². The van der Waals surface area contributed by atoms with E-state index in [1.54, 1.807) is 14.0 Å². The van der Waals surface area contributed by atoms with Crippen LogP contribution in [-0.2, 0) is 19.0 Å². The highest BCUT2D eigenvalue weighted by atomic mass is 16.6. The van der Waals surface area contributed by atoms with Crippen molar-refractivity contribution in [2.24, 2.45) is 0 Å². The van der Waals surface area contributed by atoms with Gasteiger partial charge in [-0.2, -0.15) is 0 Å². The van der Waals surface area contributed by atoms with Crippen molar-refractivity contribution in [3.05, 3.63) is 0 Å². The van der Waals surface area contributed by atoms with E-state index in [4.69, 9.17) is 14.2 Å². The lowest BCUT2D eigenvalue weighted by atomic mass is 10.0. The lowest BCUT2D eigenvalue weighted by molar-refractivity contribution is -0.144. The Morgan fingerprint density at radius 2 is 1.06 bits per heavy atom. The first-order valence-corrected chi connectivity index (χ1v) is 13.2. The van der Waals surface area contributed by atoms with Gasteiger partial charge in [0.1, 0.15) is 13.2 Å². The van der Waals surface area contributed by atoms with Gasteiger partial charge in [0.25, 0.3) is 0 Å². The van der Waals surface area contributed by atoms with Gasteiger partial charge in [-0.05, 0) is 13.3 Å². The van der Waals surface area contributed by atoms with Crippen LogP contribution in [0.15, 0.2) is 0 Å². The Morgan fingerprint density at radius 1 is 0.594 bits per heavy atom. The van der Waals surface area contributed by atoms with Crippen molar-refractivity contribution >= 4 is 12.1 Å². The number of amides is 1. The van der Waals surface area contributed by atoms with E-state index in [1.165, 1.54) is 94.8 Å². The Morgan fingerprint density at radius 3 is 1.50 bits per heavy atom. The maximum absolute atomic E-state index is 11.9. The molecule has 32 heavy (non-hydrogen) atoms. The Kier molecular flexibility index (Phi) is 23.4. The van der Waals surface area contributed by atoms with Crippen molar-refractivity contribution in [1.82, 2.24) is 4.90 Å². The molecule has 190 valence electrons. The fourth-order valence-electron chi connectivity index (χ4n) is 3.65. The number of hydrogen-bond acceptors (Lipinski definition) is 5. The number of nitrogens with zero attached hydrogens (tertiary/aromatic N) is 1. The molecular formula is C26H51NO5. The molecule has 0 rings (SSSR count). The SMILES string of the molecule is CCCCCCCCCCCCCCCCCCOC(=O)CN(CC)C(=O)OCCOC. The number of ether oxygens (including phenoxy) is 3. The summed E-state index contributed by atoms with van der Waals surface area (Å²) in [5, 5.41) is 0. The molecule has 0 saturated heterocycles. The molecule has 1 amide bonds. The van der Waals surface area contributed by atoms with Crippen LogP contribution >= 0.6 is 0 Å². The van der Waals surface area contributed by atoms with E-state index in [2.05, 4.69) is 6.92 Å². The number of rotatable bonds is 23. The Labute approximate surface area is 197 Å². The van der Waals surface area contributed by atoms with Crippen LogP contribution in [0.25, 0.3) is 0 Å². The maximum atomic E-state index is 11.9. The highest BCUT2D eigenvalue weighted by molar-refractivity contribution is 5.78. The number of carbonyl (C=O) groups excluding carboxylic acids is 2. The van der Waals surface area contributed by atoms with Crippen LogP contribution in [0, 0.1) is 0 Å². The second-order valence-corrected chi connectivity index (χ2v) is 8.65. The third-order valence-corrected chi connectivity index (χ3v) is 5.73. The van der Waals surface area contributed by atoms with E-state index in [0.717, 1.165) is 12.8 Å². The number of carbonyl (C=O) groups is 2. The summed E-state index contributed by atoms with van der Waals surface area (Å²) < 4.78 is 15.1. The van der Waals surface area contributed by atoms with Gasteiger partial charge in [0, 0.05) is 13.7 Å².